The predicted octanol–water partition coefficient (Wildman–Crippen LogP) is 3.74. The van der Waals surface area contributed by atoms with Crippen molar-refractivity contribution in [2.45, 2.75) is 0 Å². The largest absolute Gasteiger partial charge is 0.497 e. The molecular formula is C9H10F6O. The van der Waals surface area contributed by atoms with Gasteiger partial charge in [0.25, 0.3) is 0 Å². The summed E-state index contributed by atoms with van der Waals surface area (Å²) in [4.78, 5) is 0. The van der Waals surface area contributed by atoms with Gasteiger partial charge in [0.05, 0.1) is 7.11 Å². The van der Waals surface area contributed by atoms with Crippen molar-refractivity contribution >= 4 is 0 Å². The summed E-state index contributed by atoms with van der Waals surface area (Å²) < 4.78 is 67.7. The zero-order chi connectivity index (χ0) is 13.0. The van der Waals surface area contributed by atoms with Gasteiger partial charge in [0, 0.05) is 18.2 Å². The van der Waals surface area contributed by atoms with Crippen LogP contribution in [0.15, 0.2) is 18.2 Å². The van der Waals surface area contributed by atoms with E-state index in [0.29, 0.717) is 0 Å². The van der Waals surface area contributed by atoms with E-state index in [1.165, 1.54) is 7.11 Å². The fourth-order valence-electron chi connectivity index (χ4n) is 0.646. The van der Waals surface area contributed by atoms with E-state index in [1.54, 1.807) is 0 Å². The van der Waals surface area contributed by atoms with Crippen molar-refractivity contribution in [2.75, 3.05) is 21.0 Å². The number of methoxy groups -OCH3 is 1. The van der Waals surface area contributed by atoms with E-state index in [1.807, 2.05) is 0 Å². The highest BCUT2D eigenvalue weighted by molar-refractivity contribution is 5.23. The van der Waals surface area contributed by atoms with Gasteiger partial charge in [-0.3, -0.25) is 0 Å². The van der Waals surface area contributed by atoms with Crippen LogP contribution in [0, 0.1) is 11.6 Å². The summed E-state index contributed by atoms with van der Waals surface area (Å²) in [7, 11) is 1.36. The van der Waals surface area contributed by atoms with Crippen molar-refractivity contribution in [1.29, 1.82) is 0 Å². The molecule has 0 unspecified atom stereocenters. The van der Waals surface area contributed by atoms with Crippen molar-refractivity contribution < 1.29 is 31.1 Å². The number of alkyl halides is 4. The normalized spacial score (nSPS) is 8.19. The molecule has 0 aliphatic carbocycles. The molecular weight excluding hydrogens is 238 g/mol. The Labute approximate surface area is 88.6 Å². The van der Waals surface area contributed by atoms with Crippen LogP contribution in [0.1, 0.15) is 0 Å². The molecule has 0 spiro atoms. The molecule has 0 amide bonds. The maximum atomic E-state index is 12.3. The molecule has 0 radical (unpaired) electrons. The van der Waals surface area contributed by atoms with Crippen LogP contribution in [-0.2, 0) is 0 Å². The Morgan fingerprint density at radius 2 is 1.19 bits per heavy atom. The predicted molar refractivity (Wildman–Crippen MR) is 47.1 cm³/mol. The standard InChI is InChI=1S/C7H6F2O.2CH2F2/c1-10-7-3-5(8)2-6(9)4-7;2*2-1-3/h2-4H,1H3;2*1H2. The van der Waals surface area contributed by atoms with Gasteiger partial charge in [0.2, 0.25) is 13.9 Å². The number of halogens is 6. The minimum Gasteiger partial charge on any atom is -0.497 e. The number of hydrogen-bond acceptors (Lipinski definition) is 1. The van der Waals surface area contributed by atoms with Gasteiger partial charge < -0.3 is 4.74 Å². The molecule has 0 saturated carbocycles. The average Bonchev–Trinajstić information content (AvgIpc) is 2.18. The summed E-state index contributed by atoms with van der Waals surface area (Å²) in [5.74, 6) is -1.06. The highest BCUT2D eigenvalue weighted by Crippen LogP contribution is 2.13. The molecule has 1 nitrogen and oxygen atoms in total. The SMILES string of the molecule is COc1cc(F)cc(F)c1.FCF.FCF. The molecule has 94 valence electrons. The summed E-state index contributed by atoms with van der Waals surface area (Å²) in [6, 6.07) is 3.02. The summed E-state index contributed by atoms with van der Waals surface area (Å²) in [5.41, 5.74) is 0. The summed E-state index contributed by atoms with van der Waals surface area (Å²) in [6.45, 7) is -3.50. The first-order chi connectivity index (χ1) is 7.55. The maximum absolute atomic E-state index is 12.3. The van der Waals surface area contributed by atoms with E-state index >= 15 is 0 Å². The first-order valence-electron chi connectivity index (χ1n) is 3.79. The van der Waals surface area contributed by atoms with Gasteiger partial charge in [-0.05, 0) is 0 Å². The summed E-state index contributed by atoms with van der Waals surface area (Å²) >= 11 is 0. The first kappa shape index (κ1) is 17.0. The van der Waals surface area contributed by atoms with Crippen molar-refractivity contribution in [3.8, 4) is 5.75 Å². The van der Waals surface area contributed by atoms with E-state index in [9.17, 15) is 26.3 Å². The van der Waals surface area contributed by atoms with Gasteiger partial charge in [-0.25, -0.2) is 26.3 Å². The monoisotopic (exact) mass is 248 g/mol. The lowest BCUT2D eigenvalue weighted by atomic mass is 10.3. The third-order valence-electron chi connectivity index (χ3n) is 1.07. The van der Waals surface area contributed by atoms with Crippen LogP contribution in [0.5, 0.6) is 5.75 Å². The molecule has 1 aromatic carbocycles. The van der Waals surface area contributed by atoms with Crippen LogP contribution in [0.25, 0.3) is 0 Å². The first-order valence-corrected chi connectivity index (χ1v) is 3.79. The zero-order valence-electron chi connectivity index (χ0n) is 8.32. The van der Waals surface area contributed by atoms with Crippen LogP contribution >= 0.6 is 0 Å². The number of benzene rings is 1. The topological polar surface area (TPSA) is 9.23 Å². The molecule has 0 aliphatic heterocycles. The van der Waals surface area contributed by atoms with E-state index in [4.69, 9.17) is 0 Å². The number of hydrogen-bond donors (Lipinski definition) is 0. The highest BCUT2D eigenvalue weighted by atomic mass is 19.3. The van der Waals surface area contributed by atoms with Crippen LogP contribution in [0.4, 0.5) is 26.3 Å². The highest BCUT2D eigenvalue weighted by Gasteiger charge is 1.98. The quantitative estimate of drug-likeness (QED) is 0.688. The van der Waals surface area contributed by atoms with Gasteiger partial charge in [0.1, 0.15) is 17.4 Å². The molecule has 0 fully saturated rings. The fourth-order valence-corrected chi connectivity index (χ4v) is 0.646. The Morgan fingerprint density at radius 1 is 0.875 bits per heavy atom. The Hall–Kier alpha value is -1.40. The molecule has 0 saturated heterocycles. The molecule has 0 bridgehead atoms. The lowest BCUT2D eigenvalue weighted by Gasteiger charge is -1.97. The van der Waals surface area contributed by atoms with Crippen LogP contribution in [0.2, 0.25) is 0 Å². The molecule has 7 heteroatoms. The lowest BCUT2D eigenvalue weighted by molar-refractivity contribution is 0.295. The van der Waals surface area contributed by atoms with Crippen molar-refractivity contribution in [2.24, 2.45) is 0 Å². The third-order valence-corrected chi connectivity index (χ3v) is 1.07. The Kier molecular flexibility index (Phi) is 12.4. The molecule has 0 atom stereocenters. The number of rotatable bonds is 1. The van der Waals surface area contributed by atoms with Crippen molar-refractivity contribution in [1.82, 2.24) is 0 Å². The zero-order valence-corrected chi connectivity index (χ0v) is 8.32. The second-order valence-electron chi connectivity index (χ2n) is 2.01. The Morgan fingerprint density at radius 3 is 1.44 bits per heavy atom. The summed E-state index contributed by atoms with van der Waals surface area (Å²) in [6.07, 6.45) is 0. The van der Waals surface area contributed by atoms with Crippen molar-refractivity contribution in [3.63, 3.8) is 0 Å². The molecule has 1 rings (SSSR count). The van der Waals surface area contributed by atoms with Crippen LogP contribution < -0.4 is 4.74 Å². The van der Waals surface area contributed by atoms with E-state index in [-0.39, 0.29) is 5.75 Å². The molecule has 1 aromatic rings. The number of ether oxygens (including phenoxy) is 1. The van der Waals surface area contributed by atoms with Gasteiger partial charge in [0.15, 0.2) is 0 Å². The molecule has 0 aliphatic rings. The molecule has 0 aromatic heterocycles. The third kappa shape index (κ3) is 10.7. The van der Waals surface area contributed by atoms with E-state index < -0.39 is 25.5 Å². The van der Waals surface area contributed by atoms with Gasteiger partial charge >= 0.3 is 0 Å². The molecule has 0 heterocycles. The second-order valence-corrected chi connectivity index (χ2v) is 2.01. The molecule has 0 N–H and O–H groups in total. The minimum absolute atomic E-state index is 0.192. The molecule has 16 heavy (non-hydrogen) atoms. The van der Waals surface area contributed by atoms with Gasteiger partial charge in [-0.2, -0.15) is 0 Å². The maximum Gasteiger partial charge on any atom is 0.229 e. The Bertz CT molecular complexity index is 246. The van der Waals surface area contributed by atoms with Crippen molar-refractivity contribution in [3.05, 3.63) is 29.8 Å². The van der Waals surface area contributed by atoms with Gasteiger partial charge in [-0.15, -0.1) is 0 Å². The van der Waals surface area contributed by atoms with Crippen LogP contribution in [0.3, 0.4) is 0 Å². The van der Waals surface area contributed by atoms with Crippen LogP contribution in [-0.4, -0.2) is 21.0 Å². The fraction of sp³-hybridized carbons (Fsp3) is 0.333. The summed E-state index contributed by atoms with van der Waals surface area (Å²) in [5, 5.41) is 0. The van der Waals surface area contributed by atoms with E-state index in [2.05, 4.69) is 4.74 Å². The van der Waals surface area contributed by atoms with Gasteiger partial charge in [-0.1, -0.05) is 0 Å². The second kappa shape index (κ2) is 11.7. The lowest BCUT2D eigenvalue weighted by Crippen LogP contribution is -1.85. The Balaban J connectivity index is 0. The minimum atomic E-state index is -1.75. The average molecular weight is 248 g/mol. The smallest absolute Gasteiger partial charge is 0.229 e. The van der Waals surface area contributed by atoms with E-state index in [0.717, 1.165) is 18.2 Å².